The second-order valence-corrected chi connectivity index (χ2v) is 5.81. The molecule has 0 aliphatic carbocycles. The lowest BCUT2D eigenvalue weighted by Gasteiger charge is -2.24. The van der Waals surface area contributed by atoms with Crippen molar-refractivity contribution >= 4 is 6.09 Å². The highest BCUT2D eigenvalue weighted by Gasteiger charge is 2.50. The van der Waals surface area contributed by atoms with Gasteiger partial charge in [0.15, 0.2) is 0 Å². The van der Waals surface area contributed by atoms with Crippen molar-refractivity contribution in [3.63, 3.8) is 0 Å². The van der Waals surface area contributed by atoms with Crippen molar-refractivity contribution in [2.45, 2.75) is 39.0 Å². The van der Waals surface area contributed by atoms with Crippen LogP contribution < -0.4 is 0 Å². The first-order valence-corrected chi connectivity index (χ1v) is 6.20. The normalized spacial score (nSPS) is 24.7. The van der Waals surface area contributed by atoms with Gasteiger partial charge in [-0.15, -0.1) is 0 Å². The molecule has 112 valence electrons. The molecule has 0 aromatic carbocycles. The molecule has 1 rings (SSSR count). The van der Waals surface area contributed by atoms with Gasteiger partial charge in [-0.2, -0.15) is 13.2 Å². The van der Waals surface area contributed by atoms with Gasteiger partial charge < -0.3 is 14.7 Å². The molecule has 0 saturated carbocycles. The van der Waals surface area contributed by atoms with E-state index in [1.165, 1.54) is 0 Å². The number of nitrogens with zero attached hydrogens (tertiary/aromatic N) is 1. The molecule has 1 N–H and O–H groups in total. The Morgan fingerprint density at radius 3 is 2.32 bits per heavy atom. The lowest BCUT2D eigenvalue weighted by Crippen LogP contribution is -2.36. The number of halogens is 3. The number of carbonyl (C=O) groups is 1. The van der Waals surface area contributed by atoms with Crippen molar-refractivity contribution in [2.75, 3.05) is 19.7 Å². The monoisotopic (exact) mass is 283 g/mol. The van der Waals surface area contributed by atoms with Crippen molar-refractivity contribution in [1.29, 1.82) is 0 Å². The Morgan fingerprint density at radius 2 is 1.89 bits per heavy atom. The van der Waals surface area contributed by atoms with Crippen LogP contribution in [0.4, 0.5) is 18.0 Å². The highest BCUT2D eigenvalue weighted by Crippen LogP contribution is 2.39. The summed E-state index contributed by atoms with van der Waals surface area (Å²) in [7, 11) is 0. The van der Waals surface area contributed by atoms with Crippen LogP contribution in [0.1, 0.15) is 27.2 Å². The van der Waals surface area contributed by atoms with Crippen LogP contribution >= 0.6 is 0 Å². The Hall–Kier alpha value is -0.980. The number of ether oxygens (including phenoxy) is 1. The maximum absolute atomic E-state index is 12.8. The summed E-state index contributed by atoms with van der Waals surface area (Å²) in [5.74, 6) is -2.36. The van der Waals surface area contributed by atoms with Crippen molar-refractivity contribution < 1.29 is 27.8 Å². The molecule has 0 radical (unpaired) electrons. The molecule has 1 fully saturated rings. The van der Waals surface area contributed by atoms with Gasteiger partial charge in [-0.3, -0.25) is 0 Å². The second-order valence-electron chi connectivity index (χ2n) is 5.81. The van der Waals surface area contributed by atoms with E-state index >= 15 is 0 Å². The molecule has 0 unspecified atom stereocenters. The third-order valence-corrected chi connectivity index (χ3v) is 3.01. The molecule has 19 heavy (non-hydrogen) atoms. The summed E-state index contributed by atoms with van der Waals surface area (Å²) in [5.41, 5.74) is -0.736. The Balaban J connectivity index is 2.72. The van der Waals surface area contributed by atoms with E-state index in [0.717, 1.165) is 4.90 Å². The molecule has 1 saturated heterocycles. The van der Waals surface area contributed by atoms with Crippen LogP contribution in [0.25, 0.3) is 0 Å². The SMILES string of the molecule is CC(C)(C)OC(=O)N1C[C@H](CCO)[C@@H](C(F)(F)F)C1. The largest absolute Gasteiger partial charge is 0.444 e. The van der Waals surface area contributed by atoms with Crippen molar-refractivity contribution in [3.05, 3.63) is 0 Å². The maximum atomic E-state index is 12.8. The van der Waals surface area contributed by atoms with Crippen molar-refractivity contribution in [3.8, 4) is 0 Å². The first-order valence-electron chi connectivity index (χ1n) is 6.20. The molecule has 0 spiro atoms. The van der Waals surface area contributed by atoms with Crippen LogP contribution in [0.3, 0.4) is 0 Å². The summed E-state index contributed by atoms with van der Waals surface area (Å²) in [6, 6.07) is 0. The number of rotatable bonds is 2. The highest BCUT2D eigenvalue weighted by atomic mass is 19.4. The van der Waals surface area contributed by atoms with Gasteiger partial charge in [0.05, 0.1) is 5.92 Å². The fraction of sp³-hybridized carbons (Fsp3) is 0.917. The topological polar surface area (TPSA) is 49.8 Å². The summed E-state index contributed by atoms with van der Waals surface area (Å²) < 4.78 is 43.6. The lowest BCUT2D eigenvalue weighted by atomic mass is 9.93. The third-order valence-electron chi connectivity index (χ3n) is 3.01. The molecular formula is C12H20F3NO3. The van der Waals surface area contributed by atoms with E-state index in [0.29, 0.717) is 0 Å². The standard InChI is InChI=1S/C12H20F3NO3/c1-11(2,3)19-10(18)16-6-8(4-5-17)9(7-16)12(13,14)15/h8-9,17H,4-7H2,1-3H3/t8-,9-/m0/s1. The van der Waals surface area contributed by atoms with E-state index < -0.39 is 36.3 Å². The number of aliphatic hydroxyl groups excluding tert-OH is 1. The van der Waals surface area contributed by atoms with E-state index in [2.05, 4.69) is 0 Å². The van der Waals surface area contributed by atoms with E-state index in [1.54, 1.807) is 20.8 Å². The Kier molecular flexibility index (Phi) is 4.71. The summed E-state index contributed by atoms with van der Waals surface area (Å²) in [6.45, 7) is 4.23. The molecule has 7 heteroatoms. The number of carbonyl (C=O) groups excluding carboxylic acids is 1. The van der Waals surface area contributed by atoms with E-state index in [9.17, 15) is 18.0 Å². The van der Waals surface area contributed by atoms with E-state index in [4.69, 9.17) is 9.84 Å². The summed E-state index contributed by atoms with van der Waals surface area (Å²) in [4.78, 5) is 12.8. The number of hydrogen-bond acceptors (Lipinski definition) is 3. The summed E-state index contributed by atoms with van der Waals surface area (Å²) in [6.07, 6.45) is -5.07. The lowest BCUT2D eigenvalue weighted by molar-refractivity contribution is -0.181. The number of alkyl halides is 3. The van der Waals surface area contributed by atoms with Crippen LogP contribution in [-0.4, -0.2) is 47.6 Å². The Morgan fingerprint density at radius 1 is 1.32 bits per heavy atom. The average molecular weight is 283 g/mol. The zero-order valence-corrected chi connectivity index (χ0v) is 11.3. The smallest absolute Gasteiger partial charge is 0.410 e. The third kappa shape index (κ3) is 4.56. The van der Waals surface area contributed by atoms with Gasteiger partial charge in [0.1, 0.15) is 5.60 Å². The van der Waals surface area contributed by atoms with Crippen LogP contribution in [-0.2, 0) is 4.74 Å². The van der Waals surface area contributed by atoms with Gasteiger partial charge in [0.2, 0.25) is 0 Å². The predicted molar refractivity (Wildman–Crippen MR) is 62.5 cm³/mol. The first-order chi connectivity index (χ1) is 8.54. The minimum absolute atomic E-state index is 0.0281. The fourth-order valence-electron chi connectivity index (χ4n) is 2.18. The van der Waals surface area contributed by atoms with Crippen molar-refractivity contribution in [2.24, 2.45) is 11.8 Å². The number of amides is 1. The minimum Gasteiger partial charge on any atom is -0.444 e. The van der Waals surface area contributed by atoms with E-state index in [1.807, 2.05) is 0 Å². The van der Waals surface area contributed by atoms with Crippen LogP contribution in [0.5, 0.6) is 0 Å². The predicted octanol–water partition coefficient (Wildman–Crippen LogP) is 2.41. The van der Waals surface area contributed by atoms with Crippen molar-refractivity contribution in [1.82, 2.24) is 4.90 Å². The number of hydrogen-bond donors (Lipinski definition) is 1. The van der Waals surface area contributed by atoms with Gasteiger partial charge in [0.25, 0.3) is 0 Å². The molecule has 0 aromatic rings. The fourth-order valence-corrected chi connectivity index (χ4v) is 2.18. The summed E-state index contributed by atoms with van der Waals surface area (Å²) in [5, 5.41) is 8.82. The van der Waals surface area contributed by atoms with Gasteiger partial charge in [-0.1, -0.05) is 0 Å². The summed E-state index contributed by atoms with van der Waals surface area (Å²) >= 11 is 0. The minimum atomic E-state index is -4.36. The molecule has 1 amide bonds. The maximum Gasteiger partial charge on any atom is 0.410 e. The molecular weight excluding hydrogens is 263 g/mol. The quantitative estimate of drug-likeness (QED) is 0.846. The van der Waals surface area contributed by atoms with Gasteiger partial charge >= 0.3 is 12.3 Å². The Bertz CT molecular complexity index is 325. The second kappa shape index (κ2) is 5.56. The van der Waals surface area contributed by atoms with Crippen LogP contribution in [0, 0.1) is 11.8 Å². The van der Waals surface area contributed by atoms with E-state index in [-0.39, 0.29) is 19.6 Å². The molecule has 0 aromatic heterocycles. The first kappa shape index (κ1) is 16.1. The average Bonchev–Trinajstić information content (AvgIpc) is 2.59. The molecule has 1 aliphatic rings. The number of likely N-dealkylation sites (tertiary alicyclic amines) is 1. The zero-order valence-electron chi connectivity index (χ0n) is 11.3. The molecule has 4 nitrogen and oxygen atoms in total. The van der Waals surface area contributed by atoms with Crippen LogP contribution in [0.2, 0.25) is 0 Å². The zero-order chi connectivity index (χ0) is 14.8. The molecule has 1 aliphatic heterocycles. The van der Waals surface area contributed by atoms with Gasteiger partial charge in [-0.25, -0.2) is 4.79 Å². The molecule has 1 heterocycles. The van der Waals surface area contributed by atoms with Gasteiger partial charge in [-0.05, 0) is 33.1 Å². The molecule has 0 bridgehead atoms. The van der Waals surface area contributed by atoms with Gasteiger partial charge in [0, 0.05) is 19.7 Å². The molecule has 2 atom stereocenters. The Labute approximate surface area is 110 Å². The highest BCUT2D eigenvalue weighted by molar-refractivity contribution is 5.68. The van der Waals surface area contributed by atoms with Crippen LogP contribution in [0.15, 0.2) is 0 Å². The number of aliphatic hydroxyl groups is 1.